The number of benzene rings is 1. The number of hydrogen-bond donors (Lipinski definition) is 1. The molecule has 2 rings (SSSR count). The molecule has 2 aromatic rings. The van der Waals surface area contributed by atoms with E-state index < -0.39 is 0 Å². The number of nitrogens with zero attached hydrogens (tertiary/aromatic N) is 1. The van der Waals surface area contributed by atoms with Crippen molar-refractivity contribution in [1.29, 1.82) is 0 Å². The monoisotopic (exact) mass is 272 g/mol. The third kappa shape index (κ3) is 2.91. The van der Waals surface area contributed by atoms with E-state index in [0.717, 1.165) is 22.6 Å². The summed E-state index contributed by atoms with van der Waals surface area (Å²) in [5.74, 6) is 1.56. The van der Waals surface area contributed by atoms with Crippen LogP contribution in [-0.4, -0.2) is 26.3 Å². The summed E-state index contributed by atoms with van der Waals surface area (Å²) >= 11 is 0. The van der Waals surface area contributed by atoms with E-state index in [1.165, 1.54) is 5.56 Å². The average molecular weight is 272 g/mol. The topological polar surface area (TPSA) is 43.4 Å². The van der Waals surface area contributed by atoms with Crippen LogP contribution in [0.25, 0.3) is 0 Å². The highest BCUT2D eigenvalue weighted by molar-refractivity contribution is 5.44. The van der Waals surface area contributed by atoms with Gasteiger partial charge in [-0.15, -0.1) is 0 Å². The number of hydrogen-bond acceptors (Lipinski definition) is 4. The normalized spacial score (nSPS) is 12.0. The Morgan fingerprint density at radius 1 is 1.10 bits per heavy atom. The zero-order valence-corrected chi connectivity index (χ0v) is 12.3. The molecule has 0 aliphatic rings. The molecule has 0 amide bonds. The minimum Gasteiger partial charge on any atom is -0.497 e. The van der Waals surface area contributed by atoms with Crippen molar-refractivity contribution in [2.45, 2.75) is 13.0 Å². The van der Waals surface area contributed by atoms with E-state index >= 15 is 0 Å². The predicted octanol–water partition coefficient (Wildman–Crippen LogP) is 2.72. The van der Waals surface area contributed by atoms with E-state index in [2.05, 4.69) is 17.2 Å². The summed E-state index contributed by atoms with van der Waals surface area (Å²) in [5.41, 5.74) is 3.42. The summed E-state index contributed by atoms with van der Waals surface area (Å²) in [7, 11) is 5.24. The van der Waals surface area contributed by atoms with Crippen molar-refractivity contribution in [2.75, 3.05) is 21.3 Å². The molecule has 0 aliphatic heterocycles. The third-order valence-electron chi connectivity index (χ3n) is 3.39. The molecule has 1 aromatic carbocycles. The molecule has 106 valence electrons. The van der Waals surface area contributed by atoms with Gasteiger partial charge in [-0.05, 0) is 48.9 Å². The fraction of sp³-hybridized carbons (Fsp3) is 0.312. The minimum absolute atomic E-state index is 0.0488. The van der Waals surface area contributed by atoms with Gasteiger partial charge in [0.15, 0.2) is 0 Å². The molecule has 0 saturated heterocycles. The summed E-state index contributed by atoms with van der Waals surface area (Å²) < 4.78 is 10.7. The second kappa shape index (κ2) is 6.39. The Hall–Kier alpha value is -2.07. The van der Waals surface area contributed by atoms with Crippen LogP contribution in [0.1, 0.15) is 22.7 Å². The molecule has 1 heterocycles. The maximum Gasteiger partial charge on any atom is 0.122 e. The Balaban J connectivity index is 2.49. The van der Waals surface area contributed by atoms with Crippen molar-refractivity contribution in [3.63, 3.8) is 0 Å². The zero-order chi connectivity index (χ0) is 14.5. The first kappa shape index (κ1) is 14.3. The van der Waals surface area contributed by atoms with Gasteiger partial charge in [-0.3, -0.25) is 4.98 Å². The molecule has 4 nitrogen and oxygen atoms in total. The smallest absolute Gasteiger partial charge is 0.122 e. The lowest BCUT2D eigenvalue weighted by Crippen LogP contribution is -2.19. The molecule has 0 spiro atoms. The summed E-state index contributed by atoms with van der Waals surface area (Å²) in [5, 5.41) is 3.33. The van der Waals surface area contributed by atoms with Gasteiger partial charge < -0.3 is 14.8 Å². The van der Waals surface area contributed by atoms with Crippen molar-refractivity contribution in [2.24, 2.45) is 0 Å². The molecule has 0 saturated carbocycles. The van der Waals surface area contributed by atoms with Crippen molar-refractivity contribution in [1.82, 2.24) is 10.3 Å². The quantitative estimate of drug-likeness (QED) is 0.909. The number of nitrogens with one attached hydrogen (secondary N) is 1. The second-order valence-electron chi connectivity index (χ2n) is 4.60. The van der Waals surface area contributed by atoms with Gasteiger partial charge in [0.25, 0.3) is 0 Å². The highest BCUT2D eigenvalue weighted by Gasteiger charge is 2.16. The van der Waals surface area contributed by atoms with Crippen LogP contribution in [0.2, 0.25) is 0 Å². The third-order valence-corrected chi connectivity index (χ3v) is 3.39. The van der Waals surface area contributed by atoms with Crippen molar-refractivity contribution >= 4 is 0 Å². The fourth-order valence-corrected chi connectivity index (χ4v) is 2.28. The zero-order valence-electron chi connectivity index (χ0n) is 12.3. The van der Waals surface area contributed by atoms with Crippen LogP contribution in [0.4, 0.5) is 0 Å². The van der Waals surface area contributed by atoms with Gasteiger partial charge in [-0.1, -0.05) is 0 Å². The van der Waals surface area contributed by atoms with Crippen LogP contribution in [-0.2, 0) is 0 Å². The lowest BCUT2D eigenvalue weighted by Gasteiger charge is -2.20. The molecule has 0 fully saturated rings. The summed E-state index contributed by atoms with van der Waals surface area (Å²) in [6.45, 7) is 2.08. The largest absolute Gasteiger partial charge is 0.497 e. The van der Waals surface area contributed by atoms with Gasteiger partial charge in [0.2, 0.25) is 0 Å². The number of pyridine rings is 1. The number of aromatic nitrogens is 1. The maximum absolute atomic E-state index is 5.33. The molecule has 20 heavy (non-hydrogen) atoms. The number of ether oxygens (including phenoxy) is 2. The van der Waals surface area contributed by atoms with Crippen LogP contribution >= 0.6 is 0 Å². The SMILES string of the molecule is CNC(c1cc(OC)cc(OC)c1)c1cnccc1C. The first-order chi connectivity index (χ1) is 9.69. The number of aryl methyl sites for hydroxylation is 1. The van der Waals surface area contributed by atoms with E-state index in [0.29, 0.717) is 0 Å². The van der Waals surface area contributed by atoms with Crippen LogP contribution in [0, 0.1) is 6.92 Å². The molecule has 1 aromatic heterocycles. The van der Waals surface area contributed by atoms with Gasteiger partial charge in [-0.25, -0.2) is 0 Å². The van der Waals surface area contributed by atoms with E-state index in [1.807, 2.05) is 37.5 Å². The van der Waals surface area contributed by atoms with E-state index in [9.17, 15) is 0 Å². The van der Waals surface area contributed by atoms with Crippen LogP contribution in [0.15, 0.2) is 36.7 Å². The molecular formula is C16H20N2O2. The Morgan fingerprint density at radius 2 is 1.75 bits per heavy atom. The van der Waals surface area contributed by atoms with E-state index in [-0.39, 0.29) is 6.04 Å². The summed E-state index contributed by atoms with van der Waals surface area (Å²) in [4.78, 5) is 4.22. The molecule has 0 bridgehead atoms. The Kier molecular flexibility index (Phi) is 4.58. The van der Waals surface area contributed by atoms with Crippen LogP contribution in [0.3, 0.4) is 0 Å². The van der Waals surface area contributed by atoms with Crippen LogP contribution in [0.5, 0.6) is 11.5 Å². The molecular weight excluding hydrogens is 252 g/mol. The van der Waals surface area contributed by atoms with E-state index in [4.69, 9.17) is 9.47 Å². The highest BCUT2D eigenvalue weighted by Crippen LogP contribution is 2.30. The Bertz CT molecular complexity index is 562. The lowest BCUT2D eigenvalue weighted by atomic mass is 9.96. The van der Waals surface area contributed by atoms with Gasteiger partial charge in [0, 0.05) is 18.5 Å². The maximum atomic E-state index is 5.33. The Morgan fingerprint density at radius 3 is 2.25 bits per heavy atom. The van der Waals surface area contributed by atoms with Crippen LogP contribution < -0.4 is 14.8 Å². The van der Waals surface area contributed by atoms with Gasteiger partial charge in [0.1, 0.15) is 11.5 Å². The fourth-order valence-electron chi connectivity index (χ4n) is 2.28. The first-order valence-electron chi connectivity index (χ1n) is 6.50. The standard InChI is InChI=1S/C16H20N2O2/c1-11-5-6-18-10-15(11)16(17-2)12-7-13(19-3)9-14(8-12)20-4/h5-10,16-17H,1-4H3. The molecule has 1 atom stereocenters. The van der Waals surface area contributed by atoms with Crippen molar-refractivity contribution in [3.05, 3.63) is 53.3 Å². The van der Waals surface area contributed by atoms with Gasteiger partial charge in [-0.2, -0.15) is 0 Å². The Labute approximate surface area is 119 Å². The first-order valence-corrected chi connectivity index (χ1v) is 6.50. The van der Waals surface area contributed by atoms with Crippen molar-refractivity contribution < 1.29 is 9.47 Å². The number of methoxy groups -OCH3 is 2. The highest BCUT2D eigenvalue weighted by atomic mass is 16.5. The molecule has 1 N–H and O–H groups in total. The summed E-state index contributed by atoms with van der Waals surface area (Å²) in [6.07, 6.45) is 3.69. The molecule has 1 unspecified atom stereocenters. The lowest BCUT2D eigenvalue weighted by molar-refractivity contribution is 0.392. The van der Waals surface area contributed by atoms with Gasteiger partial charge >= 0.3 is 0 Å². The molecule has 4 heteroatoms. The molecule has 0 aliphatic carbocycles. The van der Waals surface area contributed by atoms with Crippen molar-refractivity contribution in [3.8, 4) is 11.5 Å². The molecule has 0 radical (unpaired) electrons. The second-order valence-corrected chi connectivity index (χ2v) is 4.60. The van der Waals surface area contributed by atoms with Gasteiger partial charge in [0.05, 0.1) is 20.3 Å². The number of rotatable bonds is 5. The van der Waals surface area contributed by atoms with E-state index in [1.54, 1.807) is 20.4 Å². The average Bonchev–Trinajstić information content (AvgIpc) is 2.49. The minimum atomic E-state index is 0.0488. The summed E-state index contributed by atoms with van der Waals surface area (Å²) in [6, 6.07) is 7.95. The predicted molar refractivity (Wildman–Crippen MR) is 79.4 cm³/mol.